The number of terminal acetylenes is 1. The van der Waals surface area contributed by atoms with E-state index in [0.717, 1.165) is 39.0 Å². The number of carbonyl (C=O) groups is 1. The van der Waals surface area contributed by atoms with Crippen LogP contribution in [0, 0.1) is 18.3 Å². The number of aryl methyl sites for hydroxylation is 1. The van der Waals surface area contributed by atoms with Crippen LogP contribution in [0.25, 0.3) is 0 Å². The van der Waals surface area contributed by atoms with Crippen LogP contribution in [0.15, 0.2) is 30.3 Å². The molecular weight excluding hydrogens is 272 g/mol. The number of carbonyl (C=O) groups excluding carboxylic acids is 1. The summed E-state index contributed by atoms with van der Waals surface area (Å²) in [7, 11) is 0. The Morgan fingerprint density at radius 2 is 1.91 bits per heavy atom. The van der Waals surface area contributed by atoms with E-state index in [9.17, 15) is 4.79 Å². The molecule has 1 heterocycles. The number of hydrogen-bond donors (Lipinski definition) is 0. The predicted molar refractivity (Wildman–Crippen MR) is 90.4 cm³/mol. The summed E-state index contributed by atoms with van der Waals surface area (Å²) < 4.78 is 0. The molecule has 3 nitrogen and oxygen atoms in total. The number of nitrogens with zero attached hydrogens (tertiary/aromatic N) is 2. The van der Waals surface area contributed by atoms with Gasteiger partial charge in [0.1, 0.15) is 0 Å². The lowest BCUT2D eigenvalue weighted by molar-refractivity contribution is -0.133. The zero-order valence-corrected chi connectivity index (χ0v) is 13.5. The first kappa shape index (κ1) is 16.6. The summed E-state index contributed by atoms with van der Waals surface area (Å²) in [5.41, 5.74) is 1.35. The lowest BCUT2D eigenvalue weighted by Gasteiger charge is -2.34. The Hall–Kier alpha value is -1.79. The molecule has 0 aliphatic carbocycles. The lowest BCUT2D eigenvalue weighted by Crippen LogP contribution is -2.48. The van der Waals surface area contributed by atoms with Gasteiger partial charge in [0, 0.05) is 32.6 Å². The molecule has 22 heavy (non-hydrogen) atoms. The van der Waals surface area contributed by atoms with E-state index in [2.05, 4.69) is 42.0 Å². The maximum Gasteiger partial charge on any atom is 0.222 e. The number of piperazine rings is 1. The van der Waals surface area contributed by atoms with Gasteiger partial charge in [0.05, 0.1) is 6.54 Å². The quantitative estimate of drug-likeness (QED) is 0.753. The molecule has 1 saturated heterocycles. The van der Waals surface area contributed by atoms with E-state index in [-0.39, 0.29) is 0 Å². The molecule has 0 bridgehead atoms. The second kappa shape index (κ2) is 8.60. The maximum atomic E-state index is 12.4. The van der Waals surface area contributed by atoms with Gasteiger partial charge in [-0.25, -0.2) is 0 Å². The third-order valence-corrected chi connectivity index (χ3v) is 4.33. The molecule has 1 amide bonds. The standard InChI is InChI=1S/C19H26N2O/c1-3-11-20-12-14-21(15-13-20)19(22)16-17(2)9-10-18-7-5-4-6-8-18/h1,4-8,17H,9-16H2,2H3/t17-/m1/s1. The molecule has 1 aliphatic heterocycles. The average molecular weight is 298 g/mol. The summed E-state index contributed by atoms with van der Waals surface area (Å²) in [6, 6.07) is 10.5. The zero-order valence-electron chi connectivity index (χ0n) is 13.5. The minimum atomic E-state index is 0.293. The van der Waals surface area contributed by atoms with Crippen molar-refractivity contribution >= 4 is 5.91 Å². The minimum absolute atomic E-state index is 0.293. The molecule has 0 spiro atoms. The molecule has 0 aromatic heterocycles. The van der Waals surface area contributed by atoms with Crippen molar-refractivity contribution in [1.29, 1.82) is 0 Å². The molecule has 0 saturated carbocycles. The molecule has 1 fully saturated rings. The van der Waals surface area contributed by atoms with Gasteiger partial charge in [-0.15, -0.1) is 6.42 Å². The van der Waals surface area contributed by atoms with Crippen molar-refractivity contribution in [2.75, 3.05) is 32.7 Å². The Morgan fingerprint density at radius 1 is 1.23 bits per heavy atom. The maximum absolute atomic E-state index is 12.4. The van der Waals surface area contributed by atoms with Crippen molar-refractivity contribution in [2.24, 2.45) is 5.92 Å². The van der Waals surface area contributed by atoms with Gasteiger partial charge in [0.2, 0.25) is 5.91 Å². The largest absolute Gasteiger partial charge is 0.340 e. The van der Waals surface area contributed by atoms with Crippen LogP contribution in [0.5, 0.6) is 0 Å². The summed E-state index contributed by atoms with van der Waals surface area (Å²) in [6.45, 7) is 6.28. The Balaban J connectivity index is 1.69. The summed E-state index contributed by atoms with van der Waals surface area (Å²) in [6.07, 6.45) is 8.09. The molecule has 0 N–H and O–H groups in total. The normalized spacial score (nSPS) is 17.0. The highest BCUT2D eigenvalue weighted by molar-refractivity contribution is 5.76. The summed E-state index contributed by atoms with van der Waals surface area (Å²) in [4.78, 5) is 16.6. The molecule has 3 heteroatoms. The van der Waals surface area contributed by atoms with Crippen molar-refractivity contribution in [3.63, 3.8) is 0 Å². The highest BCUT2D eigenvalue weighted by Crippen LogP contribution is 2.15. The second-order valence-corrected chi connectivity index (χ2v) is 6.19. The Kier molecular flexibility index (Phi) is 6.48. The fourth-order valence-corrected chi connectivity index (χ4v) is 2.87. The second-order valence-electron chi connectivity index (χ2n) is 6.19. The van der Waals surface area contributed by atoms with Crippen LogP contribution < -0.4 is 0 Å². The first-order chi connectivity index (χ1) is 10.7. The molecule has 0 radical (unpaired) electrons. The molecular formula is C19H26N2O. The fourth-order valence-electron chi connectivity index (χ4n) is 2.87. The fraction of sp³-hybridized carbons (Fsp3) is 0.526. The van der Waals surface area contributed by atoms with Gasteiger partial charge in [-0.3, -0.25) is 9.69 Å². The number of hydrogen-bond acceptors (Lipinski definition) is 2. The van der Waals surface area contributed by atoms with Crippen molar-refractivity contribution in [3.8, 4) is 12.3 Å². The molecule has 1 aliphatic rings. The van der Waals surface area contributed by atoms with Gasteiger partial charge in [-0.05, 0) is 24.3 Å². The molecule has 118 valence electrons. The lowest BCUT2D eigenvalue weighted by atomic mass is 9.97. The van der Waals surface area contributed by atoms with E-state index >= 15 is 0 Å². The highest BCUT2D eigenvalue weighted by atomic mass is 16.2. The average Bonchev–Trinajstić information content (AvgIpc) is 2.55. The number of rotatable bonds is 6. The third kappa shape index (κ3) is 5.20. The van der Waals surface area contributed by atoms with E-state index in [1.807, 2.05) is 11.0 Å². The Morgan fingerprint density at radius 3 is 2.55 bits per heavy atom. The van der Waals surface area contributed by atoms with Gasteiger partial charge in [0.25, 0.3) is 0 Å². The van der Waals surface area contributed by atoms with Crippen LogP contribution in [0.4, 0.5) is 0 Å². The van der Waals surface area contributed by atoms with E-state index in [0.29, 0.717) is 24.8 Å². The van der Waals surface area contributed by atoms with E-state index < -0.39 is 0 Å². The first-order valence-electron chi connectivity index (χ1n) is 8.16. The summed E-state index contributed by atoms with van der Waals surface area (Å²) >= 11 is 0. The molecule has 1 aromatic rings. The Labute approximate surface area is 134 Å². The van der Waals surface area contributed by atoms with Gasteiger partial charge < -0.3 is 4.90 Å². The molecule has 1 atom stereocenters. The van der Waals surface area contributed by atoms with Crippen LogP contribution in [-0.2, 0) is 11.2 Å². The number of amides is 1. The van der Waals surface area contributed by atoms with Gasteiger partial charge in [0.15, 0.2) is 0 Å². The molecule has 2 rings (SSSR count). The zero-order chi connectivity index (χ0) is 15.8. The van der Waals surface area contributed by atoms with E-state index in [1.165, 1.54) is 5.56 Å². The first-order valence-corrected chi connectivity index (χ1v) is 8.16. The minimum Gasteiger partial charge on any atom is -0.340 e. The van der Waals surface area contributed by atoms with Gasteiger partial charge in [-0.2, -0.15) is 0 Å². The van der Waals surface area contributed by atoms with Crippen molar-refractivity contribution < 1.29 is 4.79 Å². The molecule has 0 unspecified atom stereocenters. The van der Waals surface area contributed by atoms with Crippen LogP contribution >= 0.6 is 0 Å². The van der Waals surface area contributed by atoms with Crippen molar-refractivity contribution in [1.82, 2.24) is 9.80 Å². The predicted octanol–water partition coefficient (Wildman–Crippen LogP) is 2.42. The summed E-state index contributed by atoms with van der Waals surface area (Å²) in [5, 5.41) is 0. The van der Waals surface area contributed by atoms with Crippen molar-refractivity contribution in [3.05, 3.63) is 35.9 Å². The van der Waals surface area contributed by atoms with Gasteiger partial charge in [-0.1, -0.05) is 43.2 Å². The smallest absolute Gasteiger partial charge is 0.222 e. The van der Waals surface area contributed by atoms with Gasteiger partial charge >= 0.3 is 0 Å². The Bertz CT molecular complexity index is 498. The van der Waals surface area contributed by atoms with Crippen LogP contribution in [-0.4, -0.2) is 48.4 Å². The van der Waals surface area contributed by atoms with E-state index in [1.54, 1.807) is 0 Å². The monoisotopic (exact) mass is 298 g/mol. The topological polar surface area (TPSA) is 23.6 Å². The highest BCUT2D eigenvalue weighted by Gasteiger charge is 2.21. The number of benzene rings is 1. The van der Waals surface area contributed by atoms with Crippen LogP contribution in [0.1, 0.15) is 25.3 Å². The van der Waals surface area contributed by atoms with E-state index in [4.69, 9.17) is 6.42 Å². The summed E-state index contributed by atoms with van der Waals surface area (Å²) in [5.74, 6) is 3.39. The third-order valence-electron chi connectivity index (χ3n) is 4.33. The molecule has 1 aromatic carbocycles. The van der Waals surface area contributed by atoms with Crippen LogP contribution in [0.2, 0.25) is 0 Å². The SMILES string of the molecule is C#CCN1CCN(C(=O)C[C@H](C)CCc2ccccc2)CC1. The van der Waals surface area contributed by atoms with Crippen molar-refractivity contribution in [2.45, 2.75) is 26.2 Å². The van der Waals surface area contributed by atoms with Crippen LogP contribution in [0.3, 0.4) is 0 Å².